The van der Waals surface area contributed by atoms with Crippen LogP contribution in [0.1, 0.15) is 31.4 Å². The average Bonchev–Trinajstić information content (AvgIpc) is 2.83. The van der Waals surface area contributed by atoms with Gasteiger partial charge < -0.3 is 10.2 Å². The molecule has 0 aromatic heterocycles. The topological polar surface area (TPSA) is 49.4 Å². The van der Waals surface area contributed by atoms with E-state index < -0.39 is 6.04 Å². The third-order valence-corrected chi connectivity index (χ3v) is 6.71. The first-order chi connectivity index (χ1) is 16.4. The lowest BCUT2D eigenvalue weighted by molar-refractivity contribution is -0.141. The standard InChI is InChI=1S/C28H31ClN2O2S/c1-21(2)30-28(33)26(19-22-11-5-3-6-12-22)31(20-23-13-9-10-16-25(23)29)27(32)17-18-34-24-14-7-4-8-15-24/h3-16,21,26H,17-20H2,1-2H3,(H,30,33)/t26-/m1/s1. The van der Waals surface area contributed by atoms with Crippen LogP contribution in [0.2, 0.25) is 5.02 Å². The van der Waals surface area contributed by atoms with Crippen molar-refractivity contribution in [2.75, 3.05) is 5.75 Å². The Morgan fingerprint density at radius 3 is 2.18 bits per heavy atom. The van der Waals surface area contributed by atoms with E-state index in [1.165, 1.54) is 0 Å². The summed E-state index contributed by atoms with van der Waals surface area (Å²) >= 11 is 8.08. The van der Waals surface area contributed by atoms with Gasteiger partial charge in [0.2, 0.25) is 11.8 Å². The molecule has 0 unspecified atom stereocenters. The number of halogens is 1. The van der Waals surface area contributed by atoms with Gasteiger partial charge in [-0.1, -0.05) is 78.3 Å². The molecule has 6 heteroatoms. The summed E-state index contributed by atoms with van der Waals surface area (Å²) in [6.07, 6.45) is 0.756. The minimum absolute atomic E-state index is 0.0309. The summed E-state index contributed by atoms with van der Waals surface area (Å²) in [5.41, 5.74) is 1.82. The Bertz CT molecular complexity index is 1060. The molecule has 4 nitrogen and oxygen atoms in total. The number of amides is 2. The number of hydrogen-bond donors (Lipinski definition) is 1. The number of nitrogens with one attached hydrogen (secondary N) is 1. The third-order valence-electron chi connectivity index (χ3n) is 5.33. The molecule has 2 amide bonds. The lowest BCUT2D eigenvalue weighted by Gasteiger charge is -2.32. The second kappa shape index (κ2) is 13.2. The van der Waals surface area contributed by atoms with Gasteiger partial charge in [-0.05, 0) is 43.2 Å². The highest BCUT2D eigenvalue weighted by atomic mass is 35.5. The van der Waals surface area contributed by atoms with E-state index in [9.17, 15) is 9.59 Å². The number of nitrogens with zero attached hydrogens (tertiary/aromatic N) is 1. The van der Waals surface area contributed by atoms with Crippen LogP contribution in [0.4, 0.5) is 0 Å². The van der Waals surface area contributed by atoms with E-state index in [-0.39, 0.29) is 24.4 Å². The summed E-state index contributed by atoms with van der Waals surface area (Å²) < 4.78 is 0. The molecule has 0 aliphatic heterocycles. The molecule has 0 aliphatic carbocycles. The lowest BCUT2D eigenvalue weighted by atomic mass is 10.0. The summed E-state index contributed by atoms with van der Waals surface area (Å²) in [5.74, 6) is 0.407. The maximum absolute atomic E-state index is 13.6. The van der Waals surface area contributed by atoms with Gasteiger partial charge in [0.15, 0.2) is 0 Å². The predicted octanol–water partition coefficient (Wildman–Crippen LogP) is 5.99. The summed E-state index contributed by atoms with van der Waals surface area (Å²) in [4.78, 5) is 29.7. The van der Waals surface area contributed by atoms with Crippen LogP contribution in [-0.2, 0) is 22.6 Å². The van der Waals surface area contributed by atoms with E-state index in [2.05, 4.69) is 5.32 Å². The van der Waals surface area contributed by atoms with Crippen LogP contribution in [0, 0.1) is 0 Å². The van der Waals surface area contributed by atoms with Gasteiger partial charge in [-0.2, -0.15) is 0 Å². The zero-order valence-electron chi connectivity index (χ0n) is 19.6. The van der Waals surface area contributed by atoms with Crippen LogP contribution in [0.15, 0.2) is 89.8 Å². The molecule has 3 rings (SSSR count). The van der Waals surface area contributed by atoms with Crippen molar-refractivity contribution in [1.82, 2.24) is 10.2 Å². The molecule has 1 N–H and O–H groups in total. The van der Waals surface area contributed by atoms with Crippen LogP contribution < -0.4 is 5.32 Å². The fraction of sp³-hybridized carbons (Fsp3) is 0.286. The largest absolute Gasteiger partial charge is 0.352 e. The minimum Gasteiger partial charge on any atom is -0.352 e. The van der Waals surface area contributed by atoms with Crippen LogP contribution in [-0.4, -0.2) is 34.6 Å². The Morgan fingerprint density at radius 2 is 1.53 bits per heavy atom. The lowest BCUT2D eigenvalue weighted by Crippen LogP contribution is -2.51. The molecule has 34 heavy (non-hydrogen) atoms. The van der Waals surface area contributed by atoms with Gasteiger partial charge in [0, 0.05) is 41.1 Å². The average molecular weight is 495 g/mol. The number of benzene rings is 3. The van der Waals surface area contributed by atoms with Crippen molar-refractivity contribution in [2.45, 2.75) is 50.2 Å². The Morgan fingerprint density at radius 1 is 0.912 bits per heavy atom. The first-order valence-corrected chi connectivity index (χ1v) is 12.9. The highest BCUT2D eigenvalue weighted by Crippen LogP contribution is 2.23. The molecule has 0 saturated carbocycles. The summed E-state index contributed by atoms with van der Waals surface area (Å²) in [7, 11) is 0. The van der Waals surface area contributed by atoms with Gasteiger partial charge >= 0.3 is 0 Å². The van der Waals surface area contributed by atoms with Gasteiger partial charge in [0.05, 0.1) is 0 Å². The van der Waals surface area contributed by atoms with Gasteiger partial charge in [0.1, 0.15) is 6.04 Å². The first kappa shape index (κ1) is 25.9. The number of thioether (sulfide) groups is 1. The van der Waals surface area contributed by atoms with Gasteiger partial charge in [-0.3, -0.25) is 9.59 Å². The van der Waals surface area contributed by atoms with Gasteiger partial charge in [0.25, 0.3) is 0 Å². The van der Waals surface area contributed by atoms with E-state index in [4.69, 9.17) is 11.6 Å². The molecule has 3 aromatic rings. The maximum Gasteiger partial charge on any atom is 0.243 e. The van der Waals surface area contributed by atoms with E-state index in [0.717, 1.165) is 16.0 Å². The molecular formula is C28H31ClN2O2S. The number of carbonyl (C=O) groups is 2. The highest BCUT2D eigenvalue weighted by Gasteiger charge is 2.30. The molecule has 3 aromatic carbocycles. The molecule has 1 atom stereocenters. The molecule has 0 bridgehead atoms. The Labute approximate surface area is 211 Å². The molecule has 0 saturated heterocycles. The second-order valence-electron chi connectivity index (χ2n) is 8.39. The Balaban J connectivity index is 1.86. The number of hydrogen-bond acceptors (Lipinski definition) is 3. The zero-order chi connectivity index (χ0) is 24.3. The number of carbonyl (C=O) groups excluding carboxylic acids is 2. The van der Waals surface area contributed by atoms with Gasteiger partial charge in [-0.15, -0.1) is 11.8 Å². The van der Waals surface area contributed by atoms with Crippen LogP contribution >= 0.6 is 23.4 Å². The van der Waals surface area contributed by atoms with Crippen LogP contribution in [0.5, 0.6) is 0 Å². The second-order valence-corrected chi connectivity index (χ2v) is 9.97. The van der Waals surface area contributed by atoms with Crippen molar-refractivity contribution in [3.63, 3.8) is 0 Å². The molecule has 0 heterocycles. The van der Waals surface area contributed by atoms with Crippen molar-refractivity contribution in [3.8, 4) is 0 Å². The summed E-state index contributed by atoms with van der Waals surface area (Å²) in [6.45, 7) is 4.12. The van der Waals surface area contributed by atoms with Crippen molar-refractivity contribution in [2.24, 2.45) is 0 Å². The van der Waals surface area contributed by atoms with E-state index in [0.29, 0.717) is 23.6 Å². The van der Waals surface area contributed by atoms with E-state index >= 15 is 0 Å². The Kier molecular flexibility index (Phi) is 10.0. The minimum atomic E-state index is -0.643. The molecule has 0 radical (unpaired) electrons. The van der Waals surface area contributed by atoms with Crippen molar-refractivity contribution >= 4 is 35.2 Å². The molecule has 0 spiro atoms. The van der Waals surface area contributed by atoms with Crippen molar-refractivity contribution in [1.29, 1.82) is 0 Å². The van der Waals surface area contributed by atoms with Gasteiger partial charge in [-0.25, -0.2) is 0 Å². The van der Waals surface area contributed by atoms with Crippen LogP contribution in [0.25, 0.3) is 0 Å². The smallest absolute Gasteiger partial charge is 0.243 e. The quantitative estimate of drug-likeness (QED) is 0.333. The van der Waals surface area contributed by atoms with Crippen molar-refractivity contribution in [3.05, 3.63) is 101 Å². The maximum atomic E-state index is 13.6. The normalized spacial score (nSPS) is 11.8. The van der Waals surface area contributed by atoms with E-state index in [1.54, 1.807) is 16.7 Å². The highest BCUT2D eigenvalue weighted by molar-refractivity contribution is 7.99. The van der Waals surface area contributed by atoms with Crippen LogP contribution in [0.3, 0.4) is 0 Å². The fourth-order valence-electron chi connectivity index (χ4n) is 3.66. The van der Waals surface area contributed by atoms with E-state index in [1.807, 2.05) is 98.8 Å². The zero-order valence-corrected chi connectivity index (χ0v) is 21.2. The SMILES string of the molecule is CC(C)NC(=O)[C@@H](Cc1ccccc1)N(Cc1ccccc1Cl)C(=O)CCSc1ccccc1. The summed E-state index contributed by atoms with van der Waals surface area (Å²) in [5, 5.41) is 3.59. The summed E-state index contributed by atoms with van der Waals surface area (Å²) in [6, 6.07) is 26.6. The first-order valence-electron chi connectivity index (χ1n) is 11.5. The molecule has 0 aliphatic rings. The third kappa shape index (κ3) is 7.93. The molecule has 178 valence electrons. The Hall–Kier alpha value is -2.76. The predicted molar refractivity (Wildman–Crippen MR) is 141 cm³/mol. The number of rotatable bonds is 11. The van der Waals surface area contributed by atoms with Crippen molar-refractivity contribution < 1.29 is 9.59 Å². The fourth-order valence-corrected chi connectivity index (χ4v) is 4.72. The molecule has 0 fully saturated rings. The molecular weight excluding hydrogens is 464 g/mol. The monoisotopic (exact) mass is 494 g/mol.